The summed E-state index contributed by atoms with van der Waals surface area (Å²) in [6.45, 7) is 1.55. The Hall–Kier alpha value is -3.43. The lowest BCUT2D eigenvalue weighted by molar-refractivity contribution is 0.152. The molecule has 8 nitrogen and oxygen atoms in total. The highest BCUT2D eigenvalue weighted by Gasteiger charge is 2.30. The molecular formula is C21H23F2N7O. The third-order valence-corrected chi connectivity index (χ3v) is 6.10. The van der Waals surface area contributed by atoms with Crippen molar-refractivity contribution in [3.8, 4) is 11.1 Å². The van der Waals surface area contributed by atoms with Gasteiger partial charge in [-0.2, -0.15) is 10.2 Å². The van der Waals surface area contributed by atoms with Gasteiger partial charge in [-0.05, 0) is 36.1 Å². The second kappa shape index (κ2) is 7.36. The number of benzene rings is 1. The Morgan fingerprint density at radius 3 is 2.81 bits per heavy atom. The summed E-state index contributed by atoms with van der Waals surface area (Å²) < 4.78 is 29.7. The van der Waals surface area contributed by atoms with Crippen LogP contribution in [-0.4, -0.2) is 44.0 Å². The fourth-order valence-electron chi connectivity index (χ4n) is 4.55. The van der Waals surface area contributed by atoms with Crippen LogP contribution in [0, 0.1) is 0 Å². The maximum absolute atomic E-state index is 14.0. The Bertz CT molecular complexity index is 1150. The van der Waals surface area contributed by atoms with Crippen molar-refractivity contribution < 1.29 is 13.6 Å². The molecule has 2 aliphatic heterocycles. The van der Waals surface area contributed by atoms with Crippen LogP contribution in [0.1, 0.15) is 35.2 Å². The van der Waals surface area contributed by atoms with Crippen molar-refractivity contribution in [1.29, 1.82) is 0 Å². The summed E-state index contributed by atoms with van der Waals surface area (Å²) in [5.41, 5.74) is 10.2. The summed E-state index contributed by atoms with van der Waals surface area (Å²) in [6, 6.07) is 2.96. The minimum absolute atomic E-state index is 0.0261. The van der Waals surface area contributed by atoms with Crippen LogP contribution < -0.4 is 10.6 Å². The number of amides is 2. The first-order valence-corrected chi connectivity index (χ1v) is 10.2. The van der Waals surface area contributed by atoms with E-state index in [9.17, 15) is 13.6 Å². The number of urea groups is 1. The number of primary amides is 1. The highest BCUT2D eigenvalue weighted by molar-refractivity contribution is 5.77. The number of aromatic nitrogens is 4. The zero-order chi connectivity index (χ0) is 21.7. The normalized spacial score (nSPS) is 15.9. The van der Waals surface area contributed by atoms with Crippen molar-refractivity contribution in [3.63, 3.8) is 0 Å². The number of alkyl halides is 2. The number of halogens is 2. The van der Waals surface area contributed by atoms with Crippen molar-refractivity contribution in [1.82, 2.24) is 24.9 Å². The molecule has 0 fully saturated rings. The number of hydrogen-bond donors (Lipinski definition) is 2. The number of nitrogens with zero attached hydrogens (tertiary/aromatic N) is 5. The molecule has 31 heavy (non-hydrogen) atoms. The summed E-state index contributed by atoms with van der Waals surface area (Å²) >= 11 is 0. The quantitative estimate of drug-likeness (QED) is 0.671. The van der Waals surface area contributed by atoms with E-state index in [1.165, 1.54) is 0 Å². The second-order valence-electron chi connectivity index (χ2n) is 8.04. The molecule has 0 spiro atoms. The second-order valence-corrected chi connectivity index (χ2v) is 8.04. The van der Waals surface area contributed by atoms with Gasteiger partial charge < -0.3 is 15.5 Å². The van der Waals surface area contributed by atoms with Crippen molar-refractivity contribution >= 4 is 17.5 Å². The summed E-state index contributed by atoms with van der Waals surface area (Å²) in [6.07, 6.45) is 3.03. The van der Waals surface area contributed by atoms with Gasteiger partial charge in [0.2, 0.25) is 0 Å². The third-order valence-electron chi connectivity index (χ3n) is 6.10. The minimum atomic E-state index is -2.62. The Morgan fingerprint density at radius 1 is 1.26 bits per heavy atom. The average molecular weight is 427 g/mol. The Labute approximate surface area is 177 Å². The van der Waals surface area contributed by atoms with E-state index in [1.54, 1.807) is 35.1 Å². The number of anilines is 2. The molecule has 4 heterocycles. The average Bonchev–Trinajstić information content (AvgIpc) is 3.38. The highest BCUT2D eigenvalue weighted by Crippen LogP contribution is 2.42. The predicted molar refractivity (Wildman–Crippen MR) is 111 cm³/mol. The number of nitrogens with two attached hydrogens (primary N) is 1. The largest absolute Gasteiger partial charge is 0.351 e. The van der Waals surface area contributed by atoms with Crippen LogP contribution in [0.3, 0.4) is 0 Å². The molecule has 162 valence electrons. The number of hydrogen-bond acceptors (Lipinski definition) is 4. The summed E-state index contributed by atoms with van der Waals surface area (Å²) in [7, 11) is 1.77. The summed E-state index contributed by atoms with van der Waals surface area (Å²) in [4.78, 5) is 15.2. The SMILES string of the molecule is Cn1cc(-c2cc3c(cc2C(F)F)N(c2n[nH]c4c2CN(C(N)=O)CC4)CCC3)cn1. The van der Waals surface area contributed by atoms with Gasteiger partial charge in [0.15, 0.2) is 5.82 Å². The maximum Gasteiger partial charge on any atom is 0.315 e. The molecule has 3 N–H and O–H groups in total. The number of aryl methyl sites for hydroxylation is 2. The highest BCUT2D eigenvalue weighted by atomic mass is 19.3. The number of carbonyl (C=O) groups excluding carboxylic acids is 1. The van der Waals surface area contributed by atoms with Gasteiger partial charge in [0, 0.05) is 60.8 Å². The number of nitrogens with one attached hydrogen (secondary N) is 1. The van der Waals surface area contributed by atoms with E-state index < -0.39 is 12.5 Å². The molecule has 1 aromatic carbocycles. The first-order chi connectivity index (χ1) is 14.9. The van der Waals surface area contributed by atoms with Crippen LogP contribution in [0.15, 0.2) is 24.5 Å². The van der Waals surface area contributed by atoms with Gasteiger partial charge in [0.05, 0.1) is 12.7 Å². The van der Waals surface area contributed by atoms with Gasteiger partial charge >= 0.3 is 6.03 Å². The Morgan fingerprint density at radius 2 is 2.10 bits per heavy atom. The molecule has 5 rings (SSSR count). The van der Waals surface area contributed by atoms with E-state index in [-0.39, 0.29) is 5.56 Å². The number of aromatic amines is 1. The number of H-pyrrole nitrogens is 1. The van der Waals surface area contributed by atoms with E-state index in [4.69, 9.17) is 5.73 Å². The Balaban J connectivity index is 1.60. The zero-order valence-electron chi connectivity index (χ0n) is 17.1. The minimum Gasteiger partial charge on any atom is -0.351 e. The van der Waals surface area contributed by atoms with E-state index >= 15 is 0 Å². The third kappa shape index (κ3) is 3.31. The maximum atomic E-state index is 14.0. The van der Waals surface area contributed by atoms with Crippen LogP contribution in [0.2, 0.25) is 0 Å². The summed E-state index contributed by atoms with van der Waals surface area (Å²) in [5.74, 6) is 0.677. The van der Waals surface area contributed by atoms with Crippen LogP contribution in [0.25, 0.3) is 11.1 Å². The number of rotatable bonds is 3. The molecule has 0 bridgehead atoms. The molecule has 0 radical (unpaired) electrons. The predicted octanol–water partition coefficient (Wildman–Crippen LogP) is 3.27. The molecule has 2 aliphatic rings. The lowest BCUT2D eigenvalue weighted by Gasteiger charge is -2.33. The van der Waals surface area contributed by atoms with E-state index in [1.807, 2.05) is 11.0 Å². The van der Waals surface area contributed by atoms with Crippen LogP contribution >= 0.6 is 0 Å². The standard InChI is InChI=1S/C21H23F2N7O/c1-28-10-13(9-25-28)14-7-12-3-2-5-30(18(12)8-15(14)19(22)23)20-16-11-29(21(24)31)6-4-17(16)26-27-20/h7-10,19H,2-6,11H2,1H3,(H2,24,31)(H,26,27). The van der Waals surface area contributed by atoms with Crippen molar-refractivity contribution in [2.75, 3.05) is 18.0 Å². The molecule has 0 atom stereocenters. The smallest absolute Gasteiger partial charge is 0.315 e. The van der Waals surface area contributed by atoms with E-state index in [0.29, 0.717) is 43.0 Å². The van der Waals surface area contributed by atoms with Gasteiger partial charge in [-0.15, -0.1) is 0 Å². The molecule has 0 aliphatic carbocycles. The molecule has 10 heteroatoms. The summed E-state index contributed by atoms with van der Waals surface area (Å²) in [5, 5.41) is 11.7. The van der Waals surface area contributed by atoms with Crippen LogP contribution in [0.4, 0.5) is 25.1 Å². The number of carbonyl (C=O) groups is 1. The zero-order valence-corrected chi connectivity index (χ0v) is 17.1. The first kappa shape index (κ1) is 19.5. The molecule has 2 aromatic heterocycles. The molecular weight excluding hydrogens is 404 g/mol. The molecule has 2 amide bonds. The van der Waals surface area contributed by atoms with Gasteiger partial charge in [-0.3, -0.25) is 9.78 Å². The lowest BCUT2D eigenvalue weighted by Crippen LogP contribution is -2.39. The van der Waals surface area contributed by atoms with Gasteiger partial charge in [0.1, 0.15) is 0 Å². The monoisotopic (exact) mass is 427 g/mol. The number of fused-ring (bicyclic) bond motifs is 2. The first-order valence-electron chi connectivity index (χ1n) is 10.2. The fraction of sp³-hybridized carbons (Fsp3) is 0.381. The lowest BCUT2D eigenvalue weighted by atomic mass is 9.93. The topological polar surface area (TPSA) is 96.1 Å². The Kier molecular flexibility index (Phi) is 4.64. The van der Waals surface area contributed by atoms with Gasteiger partial charge in [-0.1, -0.05) is 0 Å². The van der Waals surface area contributed by atoms with Crippen molar-refractivity contribution in [3.05, 3.63) is 46.9 Å². The molecule has 0 saturated heterocycles. The van der Waals surface area contributed by atoms with Crippen molar-refractivity contribution in [2.45, 2.75) is 32.2 Å². The van der Waals surface area contributed by atoms with E-state index in [0.717, 1.165) is 35.3 Å². The molecule has 0 saturated carbocycles. The molecule has 3 aromatic rings. The van der Waals surface area contributed by atoms with Crippen LogP contribution in [0.5, 0.6) is 0 Å². The van der Waals surface area contributed by atoms with Gasteiger partial charge in [-0.25, -0.2) is 13.6 Å². The van der Waals surface area contributed by atoms with Crippen LogP contribution in [-0.2, 0) is 26.4 Å². The molecule has 0 unspecified atom stereocenters. The van der Waals surface area contributed by atoms with Crippen molar-refractivity contribution in [2.24, 2.45) is 12.8 Å². The van der Waals surface area contributed by atoms with E-state index in [2.05, 4.69) is 15.3 Å². The van der Waals surface area contributed by atoms with Gasteiger partial charge in [0.25, 0.3) is 6.43 Å². The fourth-order valence-corrected chi connectivity index (χ4v) is 4.55.